The van der Waals surface area contributed by atoms with E-state index < -0.39 is 23.9 Å². The number of fused-ring (bicyclic) bond motifs is 1. The number of nitrogens with zero attached hydrogens (tertiary/aromatic N) is 2. The van der Waals surface area contributed by atoms with Crippen molar-refractivity contribution in [2.45, 2.75) is 32.4 Å². The molecule has 7 nitrogen and oxygen atoms in total. The van der Waals surface area contributed by atoms with Gasteiger partial charge in [-0.1, -0.05) is 36.4 Å². The summed E-state index contributed by atoms with van der Waals surface area (Å²) in [6, 6.07) is 21.8. The van der Waals surface area contributed by atoms with Crippen molar-refractivity contribution in [1.82, 2.24) is 9.88 Å². The summed E-state index contributed by atoms with van der Waals surface area (Å²) in [5.41, 5.74) is 4.47. The highest BCUT2D eigenvalue weighted by molar-refractivity contribution is 7.21. The third-order valence-corrected chi connectivity index (χ3v) is 6.93. The molecule has 3 aromatic carbocycles. The molecule has 1 N–H and O–H groups in total. The van der Waals surface area contributed by atoms with Crippen LogP contribution >= 0.6 is 11.3 Å². The van der Waals surface area contributed by atoms with Crippen LogP contribution in [0.1, 0.15) is 24.0 Å². The van der Waals surface area contributed by atoms with E-state index in [2.05, 4.69) is 18.3 Å². The molecule has 0 radical (unpaired) electrons. The normalized spacial score (nSPS) is 15.4. The van der Waals surface area contributed by atoms with Crippen LogP contribution in [0.2, 0.25) is 0 Å². The molecule has 8 heteroatoms. The zero-order chi connectivity index (χ0) is 24.4. The van der Waals surface area contributed by atoms with Crippen molar-refractivity contribution in [1.29, 1.82) is 0 Å². The molecular weight excluding hydrogens is 462 g/mol. The van der Waals surface area contributed by atoms with Crippen LogP contribution < -0.4 is 5.32 Å². The number of hydrogen-bond donors (Lipinski definition) is 1. The van der Waals surface area contributed by atoms with Gasteiger partial charge in [-0.2, -0.15) is 0 Å². The average molecular weight is 486 g/mol. The van der Waals surface area contributed by atoms with Crippen molar-refractivity contribution >= 4 is 45.1 Å². The fourth-order valence-electron chi connectivity index (χ4n) is 4.03. The van der Waals surface area contributed by atoms with E-state index in [0.29, 0.717) is 5.69 Å². The second-order valence-corrected chi connectivity index (χ2v) is 9.45. The predicted molar refractivity (Wildman–Crippen MR) is 135 cm³/mol. The monoisotopic (exact) mass is 485 g/mol. The zero-order valence-corrected chi connectivity index (χ0v) is 19.9. The SMILES string of the molecule is Cc1ccc2nc(-c3ccc(NC(=O)[C@@H]4CCC(=O)N4C(=O)OCc4ccccc4)cc3)sc2c1. The molecule has 0 saturated carbocycles. The first kappa shape index (κ1) is 22.7. The van der Waals surface area contributed by atoms with Crippen molar-refractivity contribution in [3.63, 3.8) is 0 Å². The van der Waals surface area contributed by atoms with Crippen LogP contribution in [0.25, 0.3) is 20.8 Å². The molecule has 0 aliphatic carbocycles. The maximum atomic E-state index is 12.9. The van der Waals surface area contributed by atoms with Crippen LogP contribution in [-0.2, 0) is 20.9 Å². The number of ether oxygens (including phenoxy) is 1. The Balaban J connectivity index is 1.24. The van der Waals surface area contributed by atoms with Crippen molar-refractivity contribution < 1.29 is 19.1 Å². The number of nitrogens with one attached hydrogen (secondary N) is 1. The molecule has 1 atom stereocenters. The van der Waals surface area contributed by atoms with Gasteiger partial charge >= 0.3 is 6.09 Å². The van der Waals surface area contributed by atoms with Crippen molar-refractivity contribution in [2.24, 2.45) is 0 Å². The Morgan fingerprint density at radius 3 is 2.63 bits per heavy atom. The molecule has 1 aliphatic heterocycles. The Bertz CT molecular complexity index is 1400. The number of amides is 3. The summed E-state index contributed by atoms with van der Waals surface area (Å²) >= 11 is 1.62. The summed E-state index contributed by atoms with van der Waals surface area (Å²) < 4.78 is 6.42. The van der Waals surface area contributed by atoms with Gasteiger partial charge in [0.05, 0.1) is 10.2 Å². The number of thiazole rings is 1. The maximum absolute atomic E-state index is 12.9. The molecule has 0 unspecified atom stereocenters. The van der Waals surface area contributed by atoms with Gasteiger partial charge in [-0.05, 0) is 60.9 Å². The van der Waals surface area contributed by atoms with Gasteiger partial charge in [-0.15, -0.1) is 11.3 Å². The fraction of sp³-hybridized carbons (Fsp3) is 0.185. The van der Waals surface area contributed by atoms with Gasteiger partial charge in [0.2, 0.25) is 11.8 Å². The summed E-state index contributed by atoms with van der Waals surface area (Å²) in [6.07, 6.45) is -0.430. The van der Waals surface area contributed by atoms with Gasteiger partial charge < -0.3 is 10.1 Å². The van der Waals surface area contributed by atoms with Crippen molar-refractivity contribution in [3.05, 3.63) is 83.9 Å². The van der Waals surface area contributed by atoms with E-state index in [4.69, 9.17) is 9.72 Å². The Hall–Kier alpha value is -4.04. The lowest BCUT2D eigenvalue weighted by Crippen LogP contribution is -2.45. The highest BCUT2D eigenvalue weighted by Gasteiger charge is 2.41. The van der Waals surface area contributed by atoms with E-state index in [1.165, 1.54) is 5.56 Å². The summed E-state index contributed by atoms with van der Waals surface area (Å²) in [4.78, 5) is 43.5. The van der Waals surface area contributed by atoms with Crippen LogP contribution in [-0.4, -0.2) is 33.8 Å². The molecule has 1 saturated heterocycles. The molecule has 35 heavy (non-hydrogen) atoms. The van der Waals surface area contributed by atoms with Crippen molar-refractivity contribution in [3.8, 4) is 10.6 Å². The molecule has 5 rings (SSSR count). The van der Waals surface area contributed by atoms with E-state index in [-0.39, 0.29) is 19.4 Å². The lowest BCUT2D eigenvalue weighted by Gasteiger charge is -2.21. The molecule has 0 bridgehead atoms. The highest BCUT2D eigenvalue weighted by atomic mass is 32.1. The number of rotatable bonds is 5. The van der Waals surface area contributed by atoms with Crippen LogP contribution in [0.5, 0.6) is 0 Å². The number of anilines is 1. The summed E-state index contributed by atoms with van der Waals surface area (Å²) in [6.45, 7) is 2.09. The molecule has 1 fully saturated rings. The quantitative estimate of drug-likeness (QED) is 0.401. The number of hydrogen-bond acceptors (Lipinski definition) is 6. The largest absolute Gasteiger partial charge is 0.444 e. The fourth-order valence-corrected chi connectivity index (χ4v) is 5.10. The summed E-state index contributed by atoms with van der Waals surface area (Å²) in [7, 11) is 0. The molecule has 3 amide bonds. The lowest BCUT2D eigenvalue weighted by atomic mass is 10.2. The van der Waals surface area contributed by atoms with Crippen LogP contribution in [0, 0.1) is 6.92 Å². The lowest BCUT2D eigenvalue weighted by molar-refractivity contribution is -0.131. The smallest absolute Gasteiger partial charge is 0.417 e. The number of carbonyl (C=O) groups is 3. The van der Waals surface area contributed by atoms with E-state index in [1.807, 2.05) is 54.6 Å². The molecule has 1 aromatic heterocycles. The van der Waals surface area contributed by atoms with Crippen LogP contribution in [0.4, 0.5) is 10.5 Å². The van der Waals surface area contributed by atoms with E-state index in [9.17, 15) is 14.4 Å². The van der Waals surface area contributed by atoms with Gasteiger partial charge in [0.25, 0.3) is 0 Å². The Morgan fingerprint density at radius 2 is 1.86 bits per heavy atom. The maximum Gasteiger partial charge on any atom is 0.417 e. The van der Waals surface area contributed by atoms with Gasteiger partial charge in [0.15, 0.2) is 0 Å². The Labute approximate surface area is 206 Å². The second kappa shape index (κ2) is 9.68. The third kappa shape index (κ3) is 4.93. The summed E-state index contributed by atoms with van der Waals surface area (Å²) in [5, 5.41) is 3.72. The van der Waals surface area contributed by atoms with E-state index >= 15 is 0 Å². The second-order valence-electron chi connectivity index (χ2n) is 8.42. The van der Waals surface area contributed by atoms with Crippen LogP contribution in [0.3, 0.4) is 0 Å². The Kier molecular flexibility index (Phi) is 6.29. The number of aryl methyl sites for hydroxylation is 1. The molecule has 176 valence electrons. The number of carbonyl (C=O) groups excluding carboxylic acids is 3. The molecule has 4 aromatic rings. The number of benzene rings is 3. The van der Waals surface area contributed by atoms with Gasteiger partial charge in [-0.25, -0.2) is 14.7 Å². The van der Waals surface area contributed by atoms with Gasteiger partial charge in [0.1, 0.15) is 17.7 Å². The summed E-state index contributed by atoms with van der Waals surface area (Å²) in [5.74, 6) is -0.833. The minimum Gasteiger partial charge on any atom is -0.444 e. The number of imide groups is 1. The molecular formula is C27H23N3O4S. The molecule has 2 heterocycles. The van der Waals surface area contributed by atoms with Crippen molar-refractivity contribution in [2.75, 3.05) is 5.32 Å². The van der Waals surface area contributed by atoms with Crippen LogP contribution in [0.15, 0.2) is 72.8 Å². The number of likely N-dealkylation sites (tertiary alicyclic amines) is 1. The molecule has 0 spiro atoms. The first-order valence-electron chi connectivity index (χ1n) is 11.3. The highest BCUT2D eigenvalue weighted by Crippen LogP contribution is 2.31. The van der Waals surface area contributed by atoms with Gasteiger partial charge in [-0.3, -0.25) is 9.59 Å². The minimum atomic E-state index is -0.905. The Morgan fingerprint density at radius 1 is 1.09 bits per heavy atom. The standard InChI is InChI=1S/C27H23N3O4S/c1-17-7-12-21-23(15-17)35-26(29-21)19-8-10-20(11-9-19)28-25(32)22-13-14-24(31)30(22)27(33)34-16-18-5-3-2-4-6-18/h2-12,15,22H,13-14,16H2,1H3,(H,28,32)/t22-/m0/s1. The van der Waals surface area contributed by atoms with E-state index in [0.717, 1.165) is 31.3 Å². The average Bonchev–Trinajstić information content (AvgIpc) is 3.47. The van der Waals surface area contributed by atoms with E-state index in [1.54, 1.807) is 23.5 Å². The first-order valence-corrected chi connectivity index (χ1v) is 12.1. The third-order valence-electron chi connectivity index (χ3n) is 5.86. The minimum absolute atomic E-state index is 0.0323. The topological polar surface area (TPSA) is 88.6 Å². The predicted octanol–water partition coefficient (Wildman–Crippen LogP) is 5.54. The van der Waals surface area contributed by atoms with Gasteiger partial charge in [0, 0.05) is 17.7 Å². The molecule has 1 aliphatic rings. The first-order chi connectivity index (χ1) is 17.0. The zero-order valence-electron chi connectivity index (χ0n) is 19.1. The number of aromatic nitrogens is 1.